The first-order valence-corrected chi connectivity index (χ1v) is 14.7. The molecule has 0 atom stereocenters. The molecule has 2 aromatic heterocycles. The molecule has 0 spiro atoms. The molecular formula is C34H34N2O8. The van der Waals surface area contributed by atoms with Crippen molar-refractivity contribution in [2.75, 3.05) is 0 Å². The van der Waals surface area contributed by atoms with Gasteiger partial charge in [-0.05, 0) is 85.0 Å². The van der Waals surface area contributed by atoms with Crippen molar-refractivity contribution < 1.29 is 39.0 Å². The van der Waals surface area contributed by atoms with E-state index in [4.69, 9.17) is 0 Å². The monoisotopic (exact) mass is 598 g/mol. The number of aromatic carboxylic acids is 2. The van der Waals surface area contributed by atoms with Crippen LogP contribution in [0.2, 0.25) is 0 Å². The average molecular weight is 599 g/mol. The van der Waals surface area contributed by atoms with Crippen LogP contribution in [-0.4, -0.2) is 55.3 Å². The summed E-state index contributed by atoms with van der Waals surface area (Å²) in [5.74, 6) is -9.52. The highest BCUT2D eigenvalue weighted by atomic mass is 16.4. The molecule has 228 valence electrons. The number of aromatic nitrogens is 2. The highest BCUT2D eigenvalue weighted by Gasteiger charge is 2.52. The van der Waals surface area contributed by atoms with Crippen LogP contribution in [0, 0.1) is 11.8 Å². The van der Waals surface area contributed by atoms with Crippen molar-refractivity contribution >= 4 is 56.9 Å². The number of nitrogens with one attached hydrogen (secondary N) is 2. The fourth-order valence-electron chi connectivity index (χ4n) is 6.05. The number of benzene rings is 2. The van der Waals surface area contributed by atoms with Crippen LogP contribution in [-0.2, 0) is 32.0 Å². The molecule has 1 saturated carbocycles. The van der Waals surface area contributed by atoms with Crippen LogP contribution < -0.4 is 0 Å². The third kappa shape index (κ3) is 5.36. The van der Waals surface area contributed by atoms with E-state index in [0.717, 1.165) is 0 Å². The number of carbonyl (C=O) groups is 6. The van der Waals surface area contributed by atoms with Crippen molar-refractivity contribution in [1.29, 1.82) is 0 Å². The number of hydrogen-bond donors (Lipinski definition) is 4. The van der Waals surface area contributed by atoms with Gasteiger partial charge in [-0.25, -0.2) is 9.59 Å². The zero-order valence-electron chi connectivity index (χ0n) is 24.9. The molecule has 5 rings (SSSR count). The van der Waals surface area contributed by atoms with Gasteiger partial charge in [-0.1, -0.05) is 27.7 Å². The highest BCUT2D eigenvalue weighted by Crippen LogP contribution is 2.41. The third-order valence-corrected chi connectivity index (χ3v) is 8.39. The average Bonchev–Trinajstić information content (AvgIpc) is 3.51. The fourth-order valence-corrected chi connectivity index (χ4v) is 6.05. The molecule has 4 N–H and O–H groups in total. The van der Waals surface area contributed by atoms with Gasteiger partial charge in [0, 0.05) is 33.2 Å². The van der Waals surface area contributed by atoms with E-state index in [0.29, 0.717) is 58.9 Å². The zero-order valence-corrected chi connectivity index (χ0v) is 24.9. The lowest BCUT2D eigenvalue weighted by Crippen LogP contribution is -2.46. The number of fused-ring (bicyclic) bond motifs is 2. The molecular weight excluding hydrogens is 564 g/mol. The zero-order chi connectivity index (χ0) is 32.0. The first-order chi connectivity index (χ1) is 20.8. The molecule has 0 radical (unpaired) electrons. The topological polar surface area (TPSA) is 174 Å². The van der Waals surface area contributed by atoms with Gasteiger partial charge >= 0.3 is 11.9 Å². The summed E-state index contributed by atoms with van der Waals surface area (Å²) in [6.07, 6.45) is 2.16. The van der Waals surface area contributed by atoms with E-state index in [1.807, 2.05) is 27.7 Å². The fraction of sp³-hybridized carbons (Fsp3) is 0.353. The summed E-state index contributed by atoms with van der Waals surface area (Å²) in [4.78, 5) is 85.8. The molecule has 0 saturated heterocycles. The second-order valence-corrected chi connectivity index (χ2v) is 12.4. The SMILES string of the molecule is CC(C)CCc1[nH]c2ccc(C(=O)O)cc2c1C1C(=O)C(=O)C(c2c(CCC(C)C)[nH]c3ccc(C(=O)O)cc23)C(=O)C1=O. The molecule has 1 fully saturated rings. The van der Waals surface area contributed by atoms with Crippen molar-refractivity contribution in [3.63, 3.8) is 0 Å². The van der Waals surface area contributed by atoms with E-state index in [1.165, 1.54) is 24.3 Å². The molecule has 1 aliphatic carbocycles. The molecule has 0 bridgehead atoms. The van der Waals surface area contributed by atoms with Crippen molar-refractivity contribution in [2.24, 2.45) is 11.8 Å². The summed E-state index contributed by atoms with van der Waals surface area (Å²) < 4.78 is 0. The number of carbonyl (C=O) groups excluding carboxylic acids is 4. The summed E-state index contributed by atoms with van der Waals surface area (Å²) in [6, 6.07) is 8.57. The summed E-state index contributed by atoms with van der Waals surface area (Å²) in [7, 11) is 0. The number of aryl methyl sites for hydroxylation is 2. The van der Waals surface area contributed by atoms with Crippen LogP contribution in [0.15, 0.2) is 36.4 Å². The summed E-state index contributed by atoms with van der Waals surface area (Å²) in [6.45, 7) is 8.03. The Morgan fingerprint density at radius 1 is 0.636 bits per heavy atom. The number of Topliss-reactive ketones (excluding diaryl/α,β-unsaturated/α-hetero) is 4. The van der Waals surface area contributed by atoms with E-state index < -0.39 is 46.9 Å². The molecule has 10 heteroatoms. The van der Waals surface area contributed by atoms with Gasteiger partial charge in [0.1, 0.15) is 11.8 Å². The molecule has 1 aliphatic rings. The Balaban J connectivity index is 1.67. The minimum atomic E-state index is -1.72. The molecule has 0 aliphatic heterocycles. The maximum absolute atomic E-state index is 14.0. The third-order valence-electron chi connectivity index (χ3n) is 8.39. The van der Waals surface area contributed by atoms with Crippen LogP contribution >= 0.6 is 0 Å². The number of H-pyrrole nitrogens is 2. The van der Waals surface area contributed by atoms with Gasteiger partial charge in [-0.15, -0.1) is 0 Å². The summed E-state index contributed by atoms with van der Waals surface area (Å²) in [5.41, 5.74) is 2.15. The van der Waals surface area contributed by atoms with Crippen LogP contribution in [0.4, 0.5) is 0 Å². The molecule has 10 nitrogen and oxygen atoms in total. The van der Waals surface area contributed by atoms with Gasteiger partial charge in [0.05, 0.1) is 11.1 Å². The van der Waals surface area contributed by atoms with Crippen molar-refractivity contribution in [2.45, 2.75) is 65.2 Å². The van der Waals surface area contributed by atoms with E-state index in [9.17, 15) is 39.0 Å². The van der Waals surface area contributed by atoms with Gasteiger partial charge < -0.3 is 20.2 Å². The normalized spacial score (nSPS) is 17.5. The number of aromatic amines is 2. The van der Waals surface area contributed by atoms with Crippen molar-refractivity contribution in [3.8, 4) is 0 Å². The van der Waals surface area contributed by atoms with Gasteiger partial charge in [0.2, 0.25) is 23.1 Å². The van der Waals surface area contributed by atoms with Crippen LogP contribution in [0.3, 0.4) is 0 Å². The molecule has 4 aromatic rings. The number of carboxylic acid groups (broad SMARTS) is 2. The van der Waals surface area contributed by atoms with Crippen molar-refractivity contribution in [1.82, 2.24) is 9.97 Å². The van der Waals surface area contributed by atoms with Gasteiger partial charge in [0.15, 0.2) is 0 Å². The van der Waals surface area contributed by atoms with Gasteiger partial charge in [-0.2, -0.15) is 0 Å². The van der Waals surface area contributed by atoms with Crippen LogP contribution in [0.1, 0.15) is 95.6 Å². The van der Waals surface area contributed by atoms with Crippen LogP contribution in [0.25, 0.3) is 21.8 Å². The molecule has 0 unspecified atom stereocenters. The lowest BCUT2D eigenvalue weighted by Gasteiger charge is -2.26. The van der Waals surface area contributed by atoms with E-state index in [-0.39, 0.29) is 34.1 Å². The summed E-state index contributed by atoms with van der Waals surface area (Å²) >= 11 is 0. The van der Waals surface area contributed by atoms with Crippen molar-refractivity contribution in [3.05, 3.63) is 70.0 Å². The minimum absolute atomic E-state index is 0.0674. The quantitative estimate of drug-likeness (QED) is 0.139. The Morgan fingerprint density at radius 2 is 0.977 bits per heavy atom. The Kier molecular flexibility index (Phi) is 8.11. The maximum Gasteiger partial charge on any atom is 0.335 e. The van der Waals surface area contributed by atoms with E-state index in [2.05, 4.69) is 9.97 Å². The summed E-state index contributed by atoms with van der Waals surface area (Å²) in [5, 5.41) is 19.8. The molecule has 2 heterocycles. The Morgan fingerprint density at radius 3 is 1.27 bits per heavy atom. The predicted octanol–water partition coefficient (Wildman–Crippen LogP) is 5.38. The number of carboxylic acids is 2. The largest absolute Gasteiger partial charge is 0.478 e. The van der Waals surface area contributed by atoms with Gasteiger partial charge in [0.25, 0.3) is 0 Å². The number of ketones is 4. The minimum Gasteiger partial charge on any atom is -0.478 e. The lowest BCUT2D eigenvalue weighted by atomic mass is 9.71. The highest BCUT2D eigenvalue weighted by molar-refractivity contribution is 6.64. The smallest absolute Gasteiger partial charge is 0.335 e. The second kappa shape index (κ2) is 11.7. The van der Waals surface area contributed by atoms with E-state index >= 15 is 0 Å². The molecule has 2 aromatic carbocycles. The van der Waals surface area contributed by atoms with Crippen LogP contribution in [0.5, 0.6) is 0 Å². The number of hydrogen-bond acceptors (Lipinski definition) is 6. The Labute approximate surface area is 252 Å². The first kappa shape index (κ1) is 30.6. The second-order valence-electron chi connectivity index (χ2n) is 12.4. The lowest BCUT2D eigenvalue weighted by molar-refractivity contribution is -0.151. The molecule has 44 heavy (non-hydrogen) atoms. The molecule has 0 amide bonds. The Bertz CT molecular complexity index is 1710. The van der Waals surface area contributed by atoms with E-state index in [1.54, 1.807) is 12.1 Å². The maximum atomic E-state index is 14.0. The standard InChI is InChI=1S/C34H34N2O8/c1-15(2)5-9-23-25(19-13-17(33(41)42)7-11-21(19)35-23)27-29(37)31(39)28(32(40)30(27)38)26-20-14-18(34(43)44)8-12-22(20)36-24(26)10-6-16(3)4/h7-8,11-16,27-28,35-36H,5-6,9-10H2,1-4H3,(H,41,42)(H,43,44). The predicted molar refractivity (Wildman–Crippen MR) is 162 cm³/mol. The van der Waals surface area contributed by atoms with Gasteiger partial charge in [-0.3, -0.25) is 19.2 Å². The number of rotatable bonds is 10. The first-order valence-electron chi connectivity index (χ1n) is 14.7. The Hall–Kier alpha value is -4.86.